The summed E-state index contributed by atoms with van der Waals surface area (Å²) in [6, 6.07) is 6.74. The highest BCUT2D eigenvalue weighted by atomic mass is 79.9. The van der Waals surface area contributed by atoms with Crippen molar-refractivity contribution in [3.05, 3.63) is 50.9 Å². The molecule has 0 aliphatic carbocycles. The number of benzene rings is 1. The average molecular weight is 286 g/mol. The predicted molar refractivity (Wildman–Crippen MR) is 65.7 cm³/mol. The first-order chi connectivity index (χ1) is 7.25. The second-order valence-corrected chi connectivity index (χ2v) is 4.74. The lowest BCUT2D eigenvalue weighted by atomic mass is 10.2. The summed E-state index contributed by atoms with van der Waals surface area (Å²) in [6.07, 6.45) is 0. The number of rotatable bonds is 3. The summed E-state index contributed by atoms with van der Waals surface area (Å²) < 4.78 is 13.6. The van der Waals surface area contributed by atoms with E-state index in [1.165, 1.54) is 12.1 Å². The van der Waals surface area contributed by atoms with Gasteiger partial charge in [0.05, 0.1) is 0 Å². The maximum atomic E-state index is 12.8. The summed E-state index contributed by atoms with van der Waals surface area (Å²) in [6.45, 7) is 0.692. The largest absolute Gasteiger partial charge is 0.380 e. The molecule has 2 rings (SSSR count). The molecule has 0 radical (unpaired) electrons. The molecule has 0 spiro atoms. The van der Waals surface area contributed by atoms with Gasteiger partial charge in [-0.1, -0.05) is 22.0 Å². The molecule has 1 aromatic carbocycles. The van der Waals surface area contributed by atoms with Gasteiger partial charge >= 0.3 is 0 Å². The molecular formula is C11H9BrFNS. The van der Waals surface area contributed by atoms with E-state index in [1.54, 1.807) is 17.4 Å². The average Bonchev–Trinajstić information content (AvgIpc) is 2.69. The third-order valence-electron chi connectivity index (χ3n) is 2.02. The smallest absolute Gasteiger partial charge is 0.124 e. The van der Waals surface area contributed by atoms with E-state index in [1.807, 2.05) is 16.8 Å². The molecule has 0 bridgehead atoms. The molecule has 0 unspecified atom stereocenters. The van der Waals surface area contributed by atoms with Crippen molar-refractivity contribution in [2.75, 3.05) is 5.32 Å². The van der Waals surface area contributed by atoms with Crippen molar-refractivity contribution in [3.63, 3.8) is 0 Å². The van der Waals surface area contributed by atoms with E-state index < -0.39 is 0 Å². The molecule has 1 nitrogen and oxygen atoms in total. The zero-order valence-corrected chi connectivity index (χ0v) is 10.2. The summed E-state index contributed by atoms with van der Waals surface area (Å²) in [7, 11) is 0. The van der Waals surface area contributed by atoms with Crippen LogP contribution in [0.5, 0.6) is 0 Å². The molecular weight excluding hydrogens is 277 g/mol. The fourth-order valence-corrected chi connectivity index (χ4v) is 2.33. The lowest BCUT2D eigenvalue weighted by Crippen LogP contribution is -1.99. The number of nitrogens with one attached hydrogen (secondary N) is 1. The third kappa shape index (κ3) is 2.79. The van der Waals surface area contributed by atoms with Gasteiger partial charge in [0, 0.05) is 22.1 Å². The second kappa shape index (κ2) is 4.77. The van der Waals surface area contributed by atoms with Gasteiger partial charge in [0.25, 0.3) is 0 Å². The van der Waals surface area contributed by atoms with Crippen LogP contribution in [-0.2, 0) is 6.54 Å². The van der Waals surface area contributed by atoms with Crippen LogP contribution in [0.3, 0.4) is 0 Å². The number of hydrogen-bond acceptors (Lipinski definition) is 2. The van der Waals surface area contributed by atoms with Gasteiger partial charge in [-0.15, -0.1) is 0 Å². The van der Waals surface area contributed by atoms with Crippen LogP contribution in [0, 0.1) is 5.82 Å². The Morgan fingerprint density at radius 2 is 2.20 bits per heavy atom. The van der Waals surface area contributed by atoms with E-state index in [-0.39, 0.29) is 5.82 Å². The van der Waals surface area contributed by atoms with Gasteiger partial charge in [-0.05, 0) is 29.1 Å². The van der Waals surface area contributed by atoms with Crippen molar-refractivity contribution in [2.45, 2.75) is 6.54 Å². The normalized spacial score (nSPS) is 10.3. The Labute approximate surface area is 100 Å². The minimum atomic E-state index is -0.221. The maximum absolute atomic E-state index is 12.8. The zero-order valence-electron chi connectivity index (χ0n) is 7.84. The Hall–Kier alpha value is -0.870. The van der Waals surface area contributed by atoms with Crippen molar-refractivity contribution in [1.82, 2.24) is 0 Å². The van der Waals surface area contributed by atoms with Crippen molar-refractivity contribution >= 4 is 33.0 Å². The lowest BCUT2D eigenvalue weighted by molar-refractivity contribution is 0.626. The Morgan fingerprint density at radius 1 is 1.33 bits per heavy atom. The van der Waals surface area contributed by atoms with Gasteiger partial charge in [-0.2, -0.15) is 11.3 Å². The summed E-state index contributed by atoms with van der Waals surface area (Å²) in [5.41, 5.74) is 2.14. The highest BCUT2D eigenvalue weighted by Crippen LogP contribution is 2.20. The number of anilines is 1. The Balaban J connectivity index is 2.05. The molecule has 0 amide bonds. The molecule has 15 heavy (non-hydrogen) atoms. The molecule has 78 valence electrons. The molecule has 0 aliphatic heterocycles. The van der Waals surface area contributed by atoms with Crippen LogP contribution in [0.1, 0.15) is 5.56 Å². The standard InChI is InChI=1S/C11H9BrFNS/c12-11-5-9(13)2-1-8(11)6-14-10-3-4-15-7-10/h1-5,7,14H,6H2. The van der Waals surface area contributed by atoms with Gasteiger partial charge in [0.1, 0.15) is 5.82 Å². The van der Waals surface area contributed by atoms with Gasteiger partial charge in [-0.3, -0.25) is 0 Å². The van der Waals surface area contributed by atoms with Crippen LogP contribution >= 0.6 is 27.3 Å². The van der Waals surface area contributed by atoms with Crippen LogP contribution in [-0.4, -0.2) is 0 Å². The first-order valence-corrected chi connectivity index (χ1v) is 6.19. The van der Waals surface area contributed by atoms with E-state index in [0.717, 1.165) is 15.7 Å². The summed E-state index contributed by atoms with van der Waals surface area (Å²) in [4.78, 5) is 0. The molecule has 1 N–H and O–H groups in total. The number of thiophene rings is 1. The lowest BCUT2D eigenvalue weighted by Gasteiger charge is -2.06. The quantitative estimate of drug-likeness (QED) is 0.888. The summed E-state index contributed by atoms with van der Waals surface area (Å²) in [5, 5.41) is 7.31. The fourth-order valence-electron chi connectivity index (χ4n) is 1.23. The monoisotopic (exact) mass is 285 g/mol. The Kier molecular flexibility index (Phi) is 3.38. The first-order valence-electron chi connectivity index (χ1n) is 4.46. The topological polar surface area (TPSA) is 12.0 Å². The highest BCUT2D eigenvalue weighted by molar-refractivity contribution is 9.10. The van der Waals surface area contributed by atoms with Crippen molar-refractivity contribution in [2.24, 2.45) is 0 Å². The van der Waals surface area contributed by atoms with Crippen LogP contribution in [0.2, 0.25) is 0 Å². The van der Waals surface area contributed by atoms with E-state index in [2.05, 4.69) is 21.2 Å². The van der Waals surface area contributed by atoms with Crippen molar-refractivity contribution in [1.29, 1.82) is 0 Å². The van der Waals surface area contributed by atoms with E-state index in [9.17, 15) is 4.39 Å². The molecule has 0 saturated heterocycles. The van der Waals surface area contributed by atoms with E-state index in [0.29, 0.717) is 6.54 Å². The minimum Gasteiger partial charge on any atom is -0.380 e. The predicted octanol–water partition coefficient (Wildman–Crippen LogP) is 4.26. The number of hydrogen-bond donors (Lipinski definition) is 1. The van der Waals surface area contributed by atoms with E-state index in [4.69, 9.17) is 0 Å². The van der Waals surface area contributed by atoms with Crippen LogP contribution in [0.15, 0.2) is 39.5 Å². The van der Waals surface area contributed by atoms with Crippen molar-refractivity contribution < 1.29 is 4.39 Å². The molecule has 0 aliphatic rings. The number of halogens is 2. The molecule has 2 aromatic rings. The van der Waals surface area contributed by atoms with Gasteiger partial charge < -0.3 is 5.32 Å². The molecule has 1 aromatic heterocycles. The summed E-state index contributed by atoms with van der Waals surface area (Å²) >= 11 is 4.98. The Morgan fingerprint density at radius 3 is 2.87 bits per heavy atom. The Bertz CT molecular complexity index is 442. The van der Waals surface area contributed by atoms with Gasteiger partial charge in [0.15, 0.2) is 0 Å². The molecule has 0 saturated carbocycles. The van der Waals surface area contributed by atoms with Crippen LogP contribution in [0.4, 0.5) is 10.1 Å². The molecule has 1 heterocycles. The fraction of sp³-hybridized carbons (Fsp3) is 0.0909. The van der Waals surface area contributed by atoms with Crippen molar-refractivity contribution in [3.8, 4) is 0 Å². The molecule has 0 atom stereocenters. The second-order valence-electron chi connectivity index (χ2n) is 3.10. The van der Waals surface area contributed by atoms with Crippen LogP contribution in [0.25, 0.3) is 0 Å². The third-order valence-corrected chi connectivity index (χ3v) is 3.44. The minimum absolute atomic E-state index is 0.221. The summed E-state index contributed by atoms with van der Waals surface area (Å²) in [5.74, 6) is -0.221. The first kappa shape index (κ1) is 10.6. The van der Waals surface area contributed by atoms with Gasteiger partial charge in [-0.25, -0.2) is 4.39 Å². The van der Waals surface area contributed by atoms with Gasteiger partial charge in [0.2, 0.25) is 0 Å². The molecule has 0 fully saturated rings. The molecule has 4 heteroatoms. The van der Waals surface area contributed by atoms with Crippen LogP contribution < -0.4 is 5.32 Å². The zero-order chi connectivity index (χ0) is 10.7. The highest BCUT2D eigenvalue weighted by Gasteiger charge is 2.01. The SMILES string of the molecule is Fc1ccc(CNc2ccsc2)c(Br)c1. The van der Waals surface area contributed by atoms with E-state index >= 15 is 0 Å². The maximum Gasteiger partial charge on any atom is 0.124 e.